The summed E-state index contributed by atoms with van der Waals surface area (Å²) in [6, 6.07) is 3.16. The summed E-state index contributed by atoms with van der Waals surface area (Å²) in [5.41, 5.74) is 2.22. The summed E-state index contributed by atoms with van der Waals surface area (Å²) in [6.45, 7) is 2.13. The van der Waals surface area contributed by atoms with Crippen LogP contribution in [0.25, 0.3) is 0 Å². The Bertz CT molecular complexity index is 931. The van der Waals surface area contributed by atoms with E-state index in [-0.39, 0.29) is 5.97 Å². The summed E-state index contributed by atoms with van der Waals surface area (Å²) >= 11 is 25.3. The van der Waals surface area contributed by atoms with Crippen molar-refractivity contribution in [1.29, 1.82) is 0 Å². The van der Waals surface area contributed by atoms with Gasteiger partial charge >= 0.3 is 5.97 Å². The minimum atomic E-state index is -0.316. The predicted octanol–water partition coefficient (Wildman–Crippen LogP) is 7.35. The van der Waals surface area contributed by atoms with Crippen LogP contribution in [0.3, 0.4) is 0 Å². The molecule has 0 amide bonds. The molecule has 1 heterocycles. The standard InChI is InChI=1S/C20H21Cl3N2O2S2/c1-2-27-19(26)17-11-7-5-3-4-6-8-16(11)29-18(17)25-20(28)24-15-10-13(22)12(21)9-14(15)23/h9-10H,2-8H2,1H3,(H2,24,25,28). The molecular formula is C20H21Cl3N2O2S2. The minimum absolute atomic E-state index is 0.310. The Morgan fingerprint density at radius 2 is 1.76 bits per heavy atom. The number of benzene rings is 1. The maximum atomic E-state index is 12.7. The largest absolute Gasteiger partial charge is 0.462 e. The van der Waals surface area contributed by atoms with Gasteiger partial charge in [0.25, 0.3) is 0 Å². The lowest BCUT2D eigenvalue weighted by atomic mass is 9.96. The zero-order valence-corrected chi connectivity index (χ0v) is 19.8. The van der Waals surface area contributed by atoms with Gasteiger partial charge in [0.05, 0.1) is 32.9 Å². The molecule has 4 nitrogen and oxygen atoms in total. The number of thiophene rings is 1. The zero-order chi connectivity index (χ0) is 21.0. The molecule has 0 unspecified atom stereocenters. The lowest BCUT2D eigenvalue weighted by Crippen LogP contribution is -2.20. The fourth-order valence-corrected chi connectivity index (χ4v) is 5.45. The van der Waals surface area contributed by atoms with Crippen LogP contribution in [0.2, 0.25) is 15.1 Å². The second-order valence-electron chi connectivity index (χ2n) is 6.67. The number of esters is 1. The fraction of sp³-hybridized carbons (Fsp3) is 0.400. The van der Waals surface area contributed by atoms with Crippen LogP contribution in [-0.2, 0) is 17.6 Å². The minimum Gasteiger partial charge on any atom is -0.462 e. The Labute approximate surface area is 194 Å². The fourth-order valence-electron chi connectivity index (χ4n) is 3.30. The van der Waals surface area contributed by atoms with Gasteiger partial charge in [-0.1, -0.05) is 47.6 Å². The number of carbonyl (C=O) groups is 1. The number of nitrogens with one attached hydrogen (secondary N) is 2. The first-order chi connectivity index (χ1) is 13.9. The molecule has 0 spiro atoms. The lowest BCUT2D eigenvalue weighted by Gasteiger charge is -2.13. The molecule has 0 atom stereocenters. The maximum absolute atomic E-state index is 12.7. The Morgan fingerprint density at radius 1 is 1.07 bits per heavy atom. The van der Waals surface area contributed by atoms with Crippen LogP contribution < -0.4 is 10.6 Å². The van der Waals surface area contributed by atoms with E-state index in [0.717, 1.165) is 31.2 Å². The Balaban J connectivity index is 1.87. The number of thiocarbonyl (C=S) groups is 1. The monoisotopic (exact) mass is 490 g/mol. The first kappa shape index (κ1) is 22.6. The van der Waals surface area contributed by atoms with Crippen LogP contribution in [0, 0.1) is 0 Å². The third-order valence-electron chi connectivity index (χ3n) is 4.64. The van der Waals surface area contributed by atoms with Crippen molar-refractivity contribution in [2.45, 2.75) is 45.4 Å². The van der Waals surface area contributed by atoms with Crippen LogP contribution in [0.15, 0.2) is 12.1 Å². The van der Waals surface area contributed by atoms with E-state index < -0.39 is 0 Å². The van der Waals surface area contributed by atoms with Crippen molar-refractivity contribution in [3.8, 4) is 0 Å². The molecule has 0 saturated carbocycles. The molecule has 1 aromatic heterocycles. The summed E-state index contributed by atoms with van der Waals surface area (Å²) < 4.78 is 5.32. The Hall–Kier alpha value is -1.05. The zero-order valence-electron chi connectivity index (χ0n) is 15.9. The normalized spacial score (nSPS) is 13.8. The van der Waals surface area contributed by atoms with E-state index in [1.165, 1.54) is 17.7 Å². The van der Waals surface area contributed by atoms with Gasteiger partial charge in [-0.3, -0.25) is 0 Å². The molecule has 0 aliphatic heterocycles. The second-order valence-corrected chi connectivity index (χ2v) is 9.40. The van der Waals surface area contributed by atoms with Crippen molar-refractivity contribution in [2.24, 2.45) is 0 Å². The van der Waals surface area contributed by atoms with E-state index in [1.807, 2.05) is 0 Å². The molecule has 2 N–H and O–H groups in total. The first-order valence-corrected chi connectivity index (χ1v) is 11.8. The van der Waals surface area contributed by atoms with Crippen molar-refractivity contribution < 1.29 is 9.53 Å². The van der Waals surface area contributed by atoms with E-state index >= 15 is 0 Å². The highest BCUT2D eigenvalue weighted by Gasteiger charge is 2.25. The highest BCUT2D eigenvalue weighted by Crippen LogP contribution is 2.38. The van der Waals surface area contributed by atoms with Crippen LogP contribution >= 0.6 is 58.4 Å². The average Bonchev–Trinajstić information content (AvgIpc) is 2.96. The molecule has 0 fully saturated rings. The summed E-state index contributed by atoms with van der Waals surface area (Å²) in [7, 11) is 0. The van der Waals surface area contributed by atoms with Crippen molar-refractivity contribution >= 4 is 80.1 Å². The maximum Gasteiger partial charge on any atom is 0.341 e. The average molecular weight is 492 g/mol. The quantitative estimate of drug-likeness (QED) is 0.266. The number of halogens is 3. The molecule has 1 aliphatic rings. The van der Waals surface area contributed by atoms with Crippen LogP contribution in [0.5, 0.6) is 0 Å². The summed E-state index contributed by atoms with van der Waals surface area (Å²) in [6.07, 6.45) is 6.42. The highest BCUT2D eigenvalue weighted by atomic mass is 35.5. The third-order valence-corrected chi connectivity index (χ3v) is 7.08. The van der Waals surface area contributed by atoms with Gasteiger partial charge in [0.2, 0.25) is 0 Å². The number of ether oxygens (including phenoxy) is 1. The Morgan fingerprint density at radius 3 is 2.48 bits per heavy atom. The van der Waals surface area contributed by atoms with Crippen LogP contribution in [-0.4, -0.2) is 17.7 Å². The lowest BCUT2D eigenvalue weighted by molar-refractivity contribution is 0.0526. The molecule has 1 aromatic carbocycles. The van der Waals surface area contributed by atoms with E-state index in [2.05, 4.69) is 10.6 Å². The number of fused-ring (bicyclic) bond motifs is 1. The molecule has 1 aliphatic carbocycles. The molecule has 0 saturated heterocycles. The number of carbonyl (C=O) groups excluding carboxylic acids is 1. The summed E-state index contributed by atoms with van der Waals surface area (Å²) in [5, 5.41) is 8.33. The summed E-state index contributed by atoms with van der Waals surface area (Å²) in [5.74, 6) is -0.316. The molecule has 29 heavy (non-hydrogen) atoms. The van der Waals surface area contributed by atoms with Gasteiger partial charge in [0.1, 0.15) is 5.00 Å². The van der Waals surface area contributed by atoms with Gasteiger partial charge in [-0.2, -0.15) is 0 Å². The number of aryl methyl sites for hydroxylation is 1. The van der Waals surface area contributed by atoms with Gasteiger partial charge in [-0.05, 0) is 62.5 Å². The second kappa shape index (κ2) is 10.3. The predicted molar refractivity (Wildman–Crippen MR) is 127 cm³/mol. The van der Waals surface area contributed by atoms with Crippen molar-refractivity contribution in [2.75, 3.05) is 17.2 Å². The van der Waals surface area contributed by atoms with Crippen molar-refractivity contribution in [1.82, 2.24) is 0 Å². The number of anilines is 2. The third kappa shape index (κ3) is 5.56. The summed E-state index contributed by atoms with van der Waals surface area (Å²) in [4.78, 5) is 13.9. The van der Waals surface area contributed by atoms with Gasteiger partial charge in [0.15, 0.2) is 5.11 Å². The molecule has 9 heteroatoms. The molecule has 156 valence electrons. The van der Waals surface area contributed by atoms with Gasteiger partial charge in [-0.15, -0.1) is 11.3 Å². The SMILES string of the molecule is CCOC(=O)c1c(NC(=S)Nc2cc(Cl)c(Cl)cc2Cl)sc2c1CCCCCC2. The smallest absolute Gasteiger partial charge is 0.341 e. The van der Waals surface area contributed by atoms with Crippen molar-refractivity contribution in [3.05, 3.63) is 43.2 Å². The number of rotatable bonds is 4. The van der Waals surface area contributed by atoms with Gasteiger partial charge in [0, 0.05) is 4.88 Å². The van der Waals surface area contributed by atoms with Crippen LogP contribution in [0.1, 0.15) is 53.4 Å². The van der Waals surface area contributed by atoms with E-state index in [1.54, 1.807) is 30.4 Å². The highest BCUT2D eigenvalue weighted by molar-refractivity contribution is 7.80. The molecule has 0 radical (unpaired) electrons. The Kier molecular flexibility index (Phi) is 8.05. The molecule has 2 aromatic rings. The van der Waals surface area contributed by atoms with Gasteiger partial charge in [-0.25, -0.2) is 4.79 Å². The van der Waals surface area contributed by atoms with Crippen LogP contribution in [0.4, 0.5) is 10.7 Å². The van der Waals surface area contributed by atoms with E-state index in [4.69, 9.17) is 51.8 Å². The molecule has 0 bridgehead atoms. The number of hydrogen-bond acceptors (Lipinski definition) is 4. The molecule has 3 rings (SSSR count). The van der Waals surface area contributed by atoms with E-state index in [0.29, 0.717) is 43.0 Å². The van der Waals surface area contributed by atoms with Gasteiger partial charge < -0.3 is 15.4 Å². The topological polar surface area (TPSA) is 50.4 Å². The first-order valence-electron chi connectivity index (χ1n) is 9.45. The van der Waals surface area contributed by atoms with Crippen molar-refractivity contribution in [3.63, 3.8) is 0 Å². The molecular weight excluding hydrogens is 471 g/mol. The number of hydrogen-bond donors (Lipinski definition) is 2. The van der Waals surface area contributed by atoms with E-state index in [9.17, 15) is 4.79 Å².